The van der Waals surface area contributed by atoms with Crippen LogP contribution in [0.25, 0.3) is 11.1 Å². The lowest BCUT2D eigenvalue weighted by atomic mass is 9.95. The van der Waals surface area contributed by atoms with E-state index in [4.69, 9.17) is 28.9 Å². The molecule has 21 nitrogen and oxygen atoms in total. The summed E-state index contributed by atoms with van der Waals surface area (Å²) in [5.74, 6) is -1.23. The van der Waals surface area contributed by atoms with Gasteiger partial charge in [0, 0.05) is 113 Å². The first-order valence-electron chi connectivity index (χ1n) is 32.0. The van der Waals surface area contributed by atoms with E-state index in [1.54, 1.807) is 59.3 Å². The molecule has 0 saturated carbocycles. The molecule has 484 valence electrons. The highest BCUT2D eigenvalue weighted by atomic mass is 16.5. The van der Waals surface area contributed by atoms with Crippen LogP contribution in [0.1, 0.15) is 104 Å². The summed E-state index contributed by atoms with van der Waals surface area (Å²) in [5, 5.41) is 8.43. The lowest BCUT2D eigenvalue weighted by molar-refractivity contribution is -0.139. The summed E-state index contributed by atoms with van der Waals surface area (Å²) >= 11 is 0. The monoisotopic (exact) mass is 1260 g/mol. The Balaban J connectivity index is 0.618. The van der Waals surface area contributed by atoms with Gasteiger partial charge in [0.25, 0.3) is 11.8 Å². The van der Waals surface area contributed by atoms with Gasteiger partial charge in [0.1, 0.15) is 12.1 Å². The van der Waals surface area contributed by atoms with Crippen molar-refractivity contribution in [1.29, 1.82) is 0 Å². The molecular formula is C72H80N10O11. The van der Waals surface area contributed by atoms with E-state index in [-0.39, 0.29) is 80.1 Å². The molecule has 1 aliphatic carbocycles. The molecule has 4 aromatic rings. The first-order valence-corrected chi connectivity index (χ1v) is 32.0. The van der Waals surface area contributed by atoms with E-state index in [2.05, 4.69) is 57.1 Å². The minimum Gasteiger partial charge on any atom is -0.493 e. The van der Waals surface area contributed by atoms with E-state index in [0.29, 0.717) is 89.7 Å². The van der Waals surface area contributed by atoms with E-state index < -0.39 is 29.8 Å². The standard InChI is InChI=1S/C72H80N10O11/c1-45(2)67(77-65(83)18-13-10-14-27-80-66(84)38-56(70(80)87)49-16-11-8-7-9-12-17-49)69(86)75-46(3)68(85)76-52-23-19-47(20-24-52)50-34-54-41-73-59-39-63(61(90-5)36-57(59)71(88)81(54)43-50)92-32-15-33-93-64-40-60-58(37-62(64)91-6)72(89)82-44-51(35-55(82)42-74-60)48-21-25-53(26-22-48)79-30-28-78(4)29-31-79/h7-9,11-12,16-17,19-26,36-37,39-46,54-56,67H,10,13-15,18,27-35,38H2,1-6H3,(H,75,86)(H,76,85)(H,77,83)/b8-7-,9-7?,11-8?,12-9-,16-11-,17-12?,49-16?,49-17+/t46-,54-,55-,56?,67?/m0/s1. The summed E-state index contributed by atoms with van der Waals surface area (Å²) in [4.78, 5) is 113. The number of carbonyl (C=O) groups is 7. The van der Waals surface area contributed by atoms with Crippen molar-refractivity contribution in [2.24, 2.45) is 21.8 Å². The summed E-state index contributed by atoms with van der Waals surface area (Å²) in [6.07, 6.45) is 23.9. The lowest BCUT2D eigenvalue weighted by Gasteiger charge is -2.34. The van der Waals surface area contributed by atoms with Gasteiger partial charge in [-0.3, -0.25) is 48.4 Å². The molecule has 0 radical (unpaired) electrons. The SMILES string of the molecule is COc1cc2c(cc1OCCCOc1cc3c(cc1OC)C(=O)N1C=C(c4ccc(N5CCN(C)CC5)cc4)C[C@H]1C=N3)N=C[C@@H]1CC(c3ccc(NC(=O)[C@H](C)NC(=O)C(NC(=O)CCCCCN4C(=O)CC(C5=C/C=C\C=C/C=C\5)C4=O)C(C)C)cc3)=CN1C2=O. The van der Waals surface area contributed by atoms with Crippen molar-refractivity contribution in [2.45, 2.75) is 96.3 Å². The van der Waals surface area contributed by atoms with Gasteiger partial charge < -0.3 is 54.5 Å². The van der Waals surface area contributed by atoms with Gasteiger partial charge in [-0.2, -0.15) is 0 Å². The highest BCUT2D eigenvalue weighted by Gasteiger charge is 2.40. The first kappa shape index (κ1) is 64.6. The minimum absolute atomic E-state index is 0.133. The molecule has 7 amide bonds. The van der Waals surface area contributed by atoms with E-state index >= 15 is 0 Å². The average Bonchev–Trinajstić information content (AvgIpc) is 1.69. The third kappa shape index (κ3) is 14.9. The average molecular weight is 1260 g/mol. The van der Waals surface area contributed by atoms with Gasteiger partial charge >= 0.3 is 0 Å². The third-order valence-electron chi connectivity index (χ3n) is 17.8. The van der Waals surface area contributed by atoms with Crippen LogP contribution in [-0.2, 0) is 24.0 Å². The Bertz CT molecular complexity index is 3800. The number of aliphatic imine (C=N–C) groups is 2. The quantitative estimate of drug-likeness (QED) is 0.0439. The topological polar surface area (TPSA) is 233 Å². The molecule has 21 heteroatoms. The number of likely N-dealkylation sites (tertiary alicyclic amines) is 1. The highest BCUT2D eigenvalue weighted by Crippen LogP contribution is 2.42. The van der Waals surface area contributed by atoms with Crippen molar-refractivity contribution in [3.8, 4) is 23.0 Å². The van der Waals surface area contributed by atoms with Crippen molar-refractivity contribution >= 4 is 87.7 Å². The maximum Gasteiger partial charge on any atom is 0.260 e. The summed E-state index contributed by atoms with van der Waals surface area (Å²) in [5.41, 5.74) is 8.11. The number of benzene rings is 4. The number of nitrogens with zero attached hydrogens (tertiary/aromatic N) is 7. The lowest BCUT2D eigenvalue weighted by Crippen LogP contribution is -2.53. The molecule has 3 N–H and O–H groups in total. The van der Waals surface area contributed by atoms with Crippen molar-refractivity contribution < 1.29 is 52.5 Å². The Hall–Kier alpha value is -9.89. The second-order valence-corrected chi connectivity index (χ2v) is 24.6. The molecule has 93 heavy (non-hydrogen) atoms. The van der Waals surface area contributed by atoms with Crippen LogP contribution in [0.4, 0.5) is 22.7 Å². The zero-order valence-electron chi connectivity index (χ0n) is 53.5. The van der Waals surface area contributed by atoms with Crippen LogP contribution in [0, 0.1) is 11.8 Å². The number of likely N-dealkylation sites (N-methyl/N-ethyl adjacent to an activating group) is 1. The summed E-state index contributed by atoms with van der Waals surface area (Å²) in [7, 11) is 5.20. The largest absolute Gasteiger partial charge is 0.493 e. The maximum atomic E-state index is 14.2. The Labute approximate surface area is 542 Å². The summed E-state index contributed by atoms with van der Waals surface area (Å²) in [6.45, 7) is 10.0. The van der Waals surface area contributed by atoms with Gasteiger partial charge in [0.2, 0.25) is 29.5 Å². The van der Waals surface area contributed by atoms with Crippen LogP contribution in [-0.4, -0.2) is 165 Å². The number of hydrogen-bond acceptors (Lipinski definition) is 15. The zero-order chi connectivity index (χ0) is 65.3. The number of allylic oxidation sites excluding steroid dienone is 7. The number of unbranched alkanes of at least 4 members (excludes halogenated alkanes) is 2. The van der Waals surface area contributed by atoms with Gasteiger partial charge in [0.15, 0.2) is 23.0 Å². The molecule has 6 heterocycles. The Morgan fingerprint density at radius 1 is 0.624 bits per heavy atom. The molecule has 0 bridgehead atoms. The van der Waals surface area contributed by atoms with E-state index in [1.165, 1.54) is 24.8 Å². The van der Waals surface area contributed by atoms with Gasteiger partial charge in [-0.25, -0.2) is 0 Å². The number of nitrogens with one attached hydrogen (secondary N) is 3. The number of amides is 7. The van der Waals surface area contributed by atoms with Crippen LogP contribution >= 0.6 is 0 Å². The van der Waals surface area contributed by atoms with E-state index in [0.717, 1.165) is 54.0 Å². The van der Waals surface area contributed by atoms with E-state index in [9.17, 15) is 33.6 Å². The van der Waals surface area contributed by atoms with Gasteiger partial charge in [-0.1, -0.05) is 87.1 Å². The third-order valence-corrected chi connectivity index (χ3v) is 17.8. The molecule has 0 spiro atoms. The normalized spacial score (nSPS) is 21.3. The molecule has 5 atom stereocenters. The Morgan fingerprint density at radius 2 is 1.19 bits per heavy atom. The van der Waals surface area contributed by atoms with Crippen molar-refractivity contribution in [3.63, 3.8) is 0 Å². The predicted octanol–water partition coefficient (Wildman–Crippen LogP) is 9.37. The van der Waals surface area contributed by atoms with Gasteiger partial charge in [-0.05, 0) is 97.0 Å². The van der Waals surface area contributed by atoms with Crippen LogP contribution in [0.15, 0.2) is 143 Å². The maximum absolute atomic E-state index is 14.2. The molecule has 2 unspecified atom stereocenters. The Kier molecular flexibility index (Phi) is 20.3. The Morgan fingerprint density at radius 3 is 1.77 bits per heavy atom. The van der Waals surface area contributed by atoms with Crippen molar-refractivity contribution in [2.75, 3.05) is 77.4 Å². The molecule has 2 fully saturated rings. The fourth-order valence-electron chi connectivity index (χ4n) is 12.4. The summed E-state index contributed by atoms with van der Waals surface area (Å²) < 4.78 is 23.9. The molecule has 11 rings (SSSR count). The number of methoxy groups -OCH3 is 2. The van der Waals surface area contributed by atoms with Crippen LogP contribution in [0.2, 0.25) is 0 Å². The number of hydrogen-bond donors (Lipinski definition) is 3. The first-order chi connectivity index (χ1) is 45.0. The van der Waals surface area contributed by atoms with Crippen LogP contribution in [0.3, 0.4) is 0 Å². The predicted molar refractivity (Wildman–Crippen MR) is 357 cm³/mol. The number of ether oxygens (including phenoxy) is 4. The van der Waals surface area contributed by atoms with Crippen LogP contribution in [0.5, 0.6) is 23.0 Å². The van der Waals surface area contributed by atoms with E-state index in [1.807, 2.05) is 87.1 Å². The van der Waals surface area contributed by atoms with Gasteiger partial charge in [-0.15, -0.1) is 0 Å². The number of piperazine rings is 1. The summed E-state index contributed by atoms with van der Waals surface area (Å²) in [6, 6.07) is 20.2. The second-order valence-electron chi connectivity index (χ2n) is 24.6. The van der Waals surface area contributed by atoms with Crippen molar-refractivity contribution in [1.82, 2.24) is 30.2 Å². The molecule has 2 saturated heterocycles. The van der Waals surface area contributed by atoms with Crippen LogP contribution < -0.4 is 39.8 Å². The van der Waals surface area contributed by atoms with Gasteiger partial charge in [0.05, 0.1) is 67.9 Å². The molecule has 6 aliphatic heterocycles. The number of fused-ring (bicyclic) bond motifs is 4. The number of imide groups is 1. The molecule has 0 aromatic heterocycles. The molecule has 7 aliphatic rings. The number of anilines is 2. The second kappa shape index (κ2) is 29.2. The molecular weight excluding hydrogens is 1180 g/mol. The minimum atomic E-state index is -0.937. The fourth-order valence-corrected chi connectivity index (χ4v) is 12.4. The number of carbonyl (C=O) groups excluding carboxylic acids is 7. The smallest absolute Gasteiger partial charge is 0.260 e. The van der Waals surface area contributed by atoms with Crippen molar-refractivity contribution in [3.05, 3.63) is 156 Å². The highest BCUT2D eigenvalue weighted by molar-refractivity contribution is 6.07. The zero-order valence-corrected chi connectivity index (χ0v) is 53.5. The fraction of sp³-hybridized carbons (Fsp3) is 0.375. The molecule has 4 aromatic carbocycles. The number of rotatable bonds is 24.